The van der Waals surface area contributed by atoms with E-state index in [1.165, 1.54) is 0 Å². The topological polar surface area (TPSA) is 76.3 Å². The Bertz CT molecular complexity index is 654. The second kappa shape index (κ2) is 4.59. The molecule has 0 bridgehead atoms. The number of carbonyl (C=O) groups is 2. The molecular formula is C15H17N3O2S. The summed E-state index contributed by atoms with van der Waals surface area (Å²) in [5.74, 6) is -0.709. The lowest BCUT2D eigenvalue weighted by Gasteiger charge is -2.40. The van der Waals surface area contributed by atoms with Crippen LogP contribution < -0.4 is 5.73 Å². The number of fused-ring (bicyclic) bond motifs is 1. The number of nitrogens with zero attached hydrogens (tertiary/aromatic N) is 2. The van der Waals surface area contributed by atoms with Gasteiger partial charge in [0.15, 0.2) is 0 Å². The number of aromatic nitrogens is 1. The van der Waals surface area contributed by atoms with Crippen LogP contribution in [0.2, 0.25) is 0 Å². The molecule has 3 heterocycles. The van der Waals surface area contributed by atoms with Crippen molar-refractivity contribution in [2.45, 2.75) is 36.9 Å². The third kappa shape index (κ3) is 1.97. The standard InChI is InChI=1S/C15H17N3O2S/c1-8-15(2,3)21-14-11(13(20)18(8)14)10(12(16)19)9-6-4-5-7-17-9/h4-8,14H,1-3H3,(H2,16,19)/b11-10+/t8-,14?/m0/s1. The highest BCUT2D eigenvalue weighted by Crippen LogP contribution is 2.54. The number of thioether (sulfide) groups is 1. The van der Waals surface area contributed by atoms with Gasteiger partial charge in [-0.05, 0) is 32.9 Å². The summed E-state index contributed by atoms with van der Waals surface area (Å²) in [6.45, 7) is 6.25. The fourth-order valence-corrected chi connectivity index (χ4v) is 4.39. The molecule has 2 fully saturated rings. The Morgan fingerprint density at radius 3 is 2.71 bits per heavy atom. The van der Waals surface area contributed by atoms with Crippen molar-refractivity contribution in [2.24, 2.45) is 5.73 Å². The van der Waals surface area contributed by atoms with E-state index in [-0.39, 0.29) is 27.6 Å². The smallest absolute Gasteiger partial charge is 0.255 e. The first-order chi connectivity index (χ1) is 9.84. The van der Waals surface area contributed by atoms with Crippen LogP contribution in [0.1, 0.15) is 26.5 Å². The number of nitrogens with two attached hydrogens (primary N) is 1. The minimum absolute atomic E-state index is 0.0467. The minimum Gasteiger partial charge on any atom is -0.366 e. The molecule has 1 aromatic rings. The van der Waals surface area contributed by atoms with Gasteiger partial charge >= 0.3 is 0 Å². The van der Waals surface area contributed by atoms with Gasteiger partial charge in [-0.15, -0.1) is 11.8 Å². The first-order valence-corrected chi connectivity index (χ1v) is 7.68. The molecule has 110 valence electrons. The first-order valence-electron chi connectivity index (χ1n) is 6.80. The molecule has 0 radical (unpaired) electrons. The summed E-state index contributed by atoms with van der Waals surface area (Å²) in [5, 5.41) is -0.105. The summed E-state index contributed by atoms with van der Waals surface area (Å²) in [7, 11) is 0. The normalized spacial score (nSPS) is 28.9. The van der Waals surface area contributed by atoms with E-state index in [1.807, 2.05) is 11.8 Å². The van der Waals surface area contributed by atoms with E-state index < -0.39 is 5.91 Å². The average Bonchev–Trinajstić information content (AvgIpc) is 2.64. The van der Waals surface area contributed by atoms with Gasteiger partial charge in [0, 0.05) is 17.0 Å². The molecule has 1 unspecified atom stereocenters. The molecule has 5 nitrogen and oxygen atoms in total. The van der Waals surface area contributed by atoms with Crippen LogP contribution in [0, 0.1) is 0 Å². The number of carbonyl (C=O) groups excluding carboxylic acids is 2. The number of primary amides is 1. The molecule has 2 aliphatic heterocycles. The SMILES string of the molecule is C[C@@H]1N2C(=O)/C(=C(\C(N)=O)c3ccccn3)C2SC1(C)C. The Hall–Kier alpha value is -1.82. The maximum atomic E-state index is 12.5. The fourth-order valence-electron chi connectivity index (χ4n) is 2.78. The Balaban J connectivity index is 2.10. The van der Waals surface area contributed by atoms with E-state index in [0.717, 1.165) is 0 Å². The average molecular weight is 303 g/mol. The zero-order valence-electron chi connectivity index (χ0n) is 12.2. The van der Waals surface area contributed by atoms with Crippen LogP contribution in [-0.4, -0.2) is 37.9 Å². The second-order valence-corrected chi connectivity index (χ2v) is 7.56. The third-order valence-corrected chi connectivity index (χ3v) is 5.87. The third-order valence-electron chi connectivity index (χ3n) is 4.24. The van der Waals surface area contributed by atoms with Crippen LogP contribution in [0.15, 0.2) is 30.0 Å². The maximum Gasteiger partial charge on any atom is 0.255 e. The molecule has 1 aromatic heterocycles. The van der Waals surface area contributed by atoms with Gasteiger partial charge in [0.25, 0.3) is 11.8 Å². The van der Waals surface area contributed by atoms with Crippen LogP contribution >= 0.6 is 11.8 Å². The molecular weight excluding hydrogens is 286 g/mol. The molecule has 2 aliphatic rings. The lowest BCUT2D eigenvalue weighted by Crippen LogP contribution is -2.55. The lowest BCUT2D eigenvalue weighted by molar-refractivity contribution is -0.136. The van der Waals surface area contributed by atoms with Gasteiger partial charge in [0.2, 0.25) is 0 Å². The van der Waals surface area contributed by atoms with Gasteiger partial charge in [-0.3, -0.25) is 14.6 Å². The molecule has 2 N–H and O–H groups in total. The molecule has 0 aromatic carbocycles. The van der Waals surface area contributed by atoms with Crippen molar-refractivity contribution < 1.29 is 9.59 Å². The Morgan fingerprint density at radius 1 is 1.43 bits per heavy atom. The van der Waals surface area contributed by atoms with Crippen molar-refractivity contribution >= 4 is 29.1 Å². The van der Waals surface area contributed by atoms with Gasteiger partial charge in [-0.25, -0.2) is 0 Å². The fraction of sp³-hybridized carbons (Fsp3) is 0.400. The highest BCUT2D eigenvalue weighted by Gasteiger charge is 2.58. The van der Waals surface area contributed by atoms with Crippen molar-refractivity contribution in [3.63, 3.8) is 0 Å². The Labute approximate surface area is 127 Å². The second-order valence-electron chi connectivity index (χ2n) is 5.83. The number of β-lactam (4-membered cyclic amide) rings is 1. The maximum absolute atomic E-state index is 12.5. The van der Waals surface area contributed by atoms with Gasteiger partial charge in [0.05, 0.1) is 16.8 Å². The Kier molecular flexibility index (Phi) is 3.09. The summed E-state index contributed by atoms with van der Waals surface area (Å²) >= 11 is 1.69. The van der Waals surface area contributed by atoms with E-state index in [4.69, 9.17) is 5.73 Å². The van der Waals surface area contributed by atoms with E-state index in [9.17, 15) is 9.59 Å². The van der Waals surface area contributed by atoms with E-state index in [1.54, 1.807) is 36.2 Å². The largest absolute Gasteiger partial charge is 0.366 e. The van der Waals surface area contributed by atoms with E-state index in [2.05, 4.69) is 18.8 Å². The quantitative estimate of drug-likeness (QED) is 0.662. The molecule has 2 amide bonds. The summed E-state index contributed by atoms with van der Waals surface area (Å²) in [6, 6.07) is 5.37. The van der Waals surface area contributed by atoms with Gasteiger partial charge in [0.1, 0.15) is 5.37 Å². The van der Waals surface area contributed by atoms with Crippen LogP contribution in [-0.2, 0) is 9.59 Å². The van der Waals surface area contributed by atoms with Gasteiger partial charge < -0.3 is 10.6 Å². The van der Waals surface area contributed by atoms with Crippen LogP contribution in [0.4, 0.5) is 0 Å². The summed E-state index contributed by atoms with van der Waals surface area (Å²) in [4.78, 5) is 30.3. The number of amides is 2. The molecule has 3 rings (SSSR count). The minimum atomic E-state index is -0.602. The van der Waals surface area contributed by atoms with Crippen molar-refractivity contribution in [1.82, 2.24) is 9.88 Å². The van der Waals surface area contributed by atoms with Crippen molar-refractivity contribution in [1.29, 1.82) is 0 Å². The zero-order valence-corrected chi connectivity index (χ0v) is 13.0. The summed E-state index contributed by atoms with van der Waals surface area (Å²) in [6.07, 6.45) is 1.59. The van der Waals surface area contributed by atoms with Crippen molar-refractivity contribution in [3.8, 4) is 0 Å². The van der Waals surface area contributed by atoms with Crippen LogP contribution in [0.25, 0.3) is 5.57 Å². The molecule has 6 heteroatoms. The number of pyridine rings is 1. The molecule has 0 saturated carbocycles. The number of hydrogen-bond donors (Lipinski definition) is 1. The predicted octanol–water partition coefficient (Wildman–Crippen LogP) is 1.40. The molecule has 2 atom stereocenters. The van der Waals surface area contributed by atoms with Crippen LogP contribution in [0.3, 0.4) is 0 Å². The monoisotopic (exact) mass is 303 g/mol. The highest BCUT2D eigenvalue weighted by atomic mass is 32.2. The summed E-state index contributed by atoms with van der Waals surface area (Å²) < 4.78 is -0.0467. The first kappa shape index (κ1) is 14.1. The summed E-state index contributed by atoms with van der Waals surface area (Å²) in [5.41, 5.74) is 6.71. The van der Waals surface area contributed by atoms with Gasteiger partial charge in [-0.1, -0.05) is 6.07 Å². The van der Waals surface area contributed by atoms with Crippen LogP contribution in [0.5, 0.6) is 0 Å². The molecule has 0 aliphatic carbocycles. The number of hydrogen-bond acceptors (Lipinski definition) is 4. The molecule has 21 heavy (non-hydrogen) atoms. The van der Waals surface area contributed by atoms with Crippen molar-refractivity contribution in [3.05, 3.63) is 35.7 Å². The van der Waals surface area contributed by atoms with E-state index in [0.29, 0.717) is 11.3 Å². The van der Waals surface area contributed by atoms with Crippen molar-refractivity contribution in [2.75, 3.05) is 0 Å². The number of rotatable bonds is 2. The highest BCUT2D eigenvalue weighted by molar-refractivity contribution is 8.01. The van der Waals surface area contributed by atoms with E-state index >= 15 is 0 Å². The lowest BCUT2D eigenvalue weighted by atomic mass is 9.92. The van der Waals surface area contributed by atoms with Gasteiger partial charge in [-0.2, -0.15) is 0 Å². The molecule has 0 spiro atoms. The Morgan fingerprint density at radius 2 is 2.14 bits per heavy atom. The predicted molar refractivity (Wildman–Crippen MR) is 82.1 cm³/mol. The zero-order chi connectivity index (χ0) is 15.4. The molecule has 2 saturated heterocycles.